The number of aryl methyl sites for hydroxylation is 1. The third-order valence-electron chi connectivity index (χ3n) is 4.15. The van der Waals surface area contributed by atoms with Crippen molar-refractivity contribution in [3.8, 4) is 0 Å². The van der Waals surface area contributed by atoms with Crippen molar-refractivity contribution in [2.45, 2.75) is 44.7 Å². The molecule has 9 heteroatoms. The van der Waals surface area contributed by atoms with Crippen molar-refractivity contribution in [2.75, 3.05) is 17.2 Å². The number of aromatic nitrogens is 4. The minimum Gasteiger partial charge on any atom is -0.364 e. The van der Waals surface area contributed by atoms with E-state index in [4.69, 9.17) is 0 Å². The van der Waals surface area contributed by atoms with E-state index in [2.05, 4.69) is 25.6 Å². The van der Waals surface area contributed by atoms with Crippen LogP contribution in [0.15, 0.2) is 25.0 Å². The molecule has 0 aliphatic heterocycles. The molecule has 1 fully saturated rings. The Morgan fingerprint density at radius 1 is 1.29 bits per heavy atom. The summed E-state index contributed by atoms with van der Waals surface area (Å²) in [6, 6.07) is 0.257. The topological polar surface area (TPSA) is 111 Å². The predicted molar refractivity (Wildman–Crippen MR) is 89.9 cm³/mol. The van der Waals surface area contributed by atoms with Gasteiger partial charge in [0.1, 0.15) is 6.33 Å². The molecule has 1 aliphatic rings. The van der Waals surface area contributed by atoms with E-state index in [1.807, 2.05) is 10.8 Å². The average Bonchev–Trinajstić information content (AvgIpc) is 3.25. The standard InChI is InChI=1S/C15H21N7O2/c23-22(24)13-14(17-6-3-8-21-9-7-16-11-21)18-10-19-15(13)20-12-4-1-2-5-12/h7,9-12H,1-6,8H2,(H2,17,18,19,20). The van der Waals surface area contributed by atoms with Gasteiger partial charge in [0, 0.05) is 31.5 Å². The van der Waals surface area contributed by atoms with Crippen LogP contribution >= 0.6 is 0 Å². The number of rotatable bonds is 8. The van der Waals surface area contributed by atoms with E-state index in [-0.39, 0.29) is 17.5 Å². The quantitative estimate of drug-likeness (QED) is 0.434. The number of anilines is 2. The second-order valence-corrected chi connectivity index (χ2v) is 5.88. The molecule has 0 amide bonds. The molecule has 2 aromatic heterocycles. The maximum atomic E-state index is 11.5. The molecular formula is C15H21N7O2. The van der Waals surface area contributed by atoms with Gasteiger partial charge in [-0.1, -0.05) is 12.8 Å². The summed E-state index contributed by atoms with van der Waals surface area (Å²) in [6.45, 7) is 1.37. The van der Waals surface area contributed by atoms with Crippen molar-refractivity contribution in [1.82, 2.24) is 19.5 Å². The average molecular weight is 331 g/mol. The van der Waals surface area contributed by atoms with Crippen molar-refractivity contribution in [1.29, 1.82) is 0 Å². The minimum absolute atomic E-state index is 0.0768. The molecule has 128 valence electrons. The lowest BCUT2D eigenvalue weighted by Gasteiger charge is -2.14. The second kappa shape index (κ2) is 7.71. The van der Waals surface area contributed by atoms with Gasteiger partial charge in [-0.2, -0.15) is 0 Å². The molecule has 0 aromatic carbocycles. The molecule has 1 saturated carbocycles. The summed E-state index contributed by atoms with van der Waals surface area (Å²) >= 11 is 0. The lowest BCUT2D eigenvalue weighted by molar-refractivity contribution is -0.383. The molecule has 0 radical (unpaired) electrons. The molecule has 0 atom stereocenters. The van der Waals surface area contributed by atoms with Gasteiger partial charge in [0.2, 0.25) is 11.6 Å². The van der Waals surface area contributed by atoms with E-state index in [0.29, 0.717) is 12.4 Å². The van der Waals surface area contributed by atoms with Gasteiger partial charge in [-0.3, -0.25) is 10.1 Å². The fraction of sp³-hybridized carbons (Fsp3) is 0.533. The first-order valence-electron chi connectivity index (χ1n) is 8.19. The van der Waals surface area contributed by atoms with Gasteiger partial charge >= 0.3 is 5.69 Å². The van der Waals surface area contributed by atoms with Crippen LogP contribution in [0.3, 0.4) is 0 Å². The van der Waals surface area contributed by atoms with Crippen molar-refractivity contribution in [2.24, 2.45) is 0 Å². The normalized spacial score (nSPS) is 14.7. The third kappa shape index (κ3) is 3.98. The summed E-state index contributed by atoms with van der Waals surface area (Å²) in [7, 11) is 0. The molecule has 0 bridgehead atoms. The number of imidazole rings is 1. The van der Waals surface area contributed by atoms with E-state index < -0.39 is 4.92 Å². The van der Waals surface area contributed by atoms with Gasteiger partial charge in [-0.15, -0.1) is 0 Å². The largest absolute Gasteiger partial charge is 0.364 e. The Morgan fingerprint density at radius 2 is 2.08 bits per heavy atom. The van der Waals surface area contributed by atoms with E-state index in [1.165, 1.54) is 6.33 Å². The lowest BCUT2D eigenvalue weighted by atomic mass is 10.2. The fourth-order valence-corrected chi connectivity index (χ4v) is 2.94. The summed E-state index contributed by atoms with van der Waals surface area (Å²) in [5, 5.41) is 17.7. The molecule has 24 heavy (non-hydrogen) atoms. The molecule has 0 saturated heterocycles. The number of nitrogens with one attached hydrogen (secondary N) is 2. The zero-order chi connectivity index (χ0) is 16.8. The van der Waals surface area contributed by atoms with Crippen molar-refractivity contribution < 1.29 is 4.92 Å². The third-order valence-corrected chi connectivity index (χ3v) is 4.15. The Hall–Kier alpha value is -2.71. The molecular weight excluding hydrogens is 310 g/mol. The highest BCUT2D eigenvalue weighted by atomic mass is 16.6. The Labute approximate surface area is 139 Å². The lowest BCUT2D eigenvalue weighted by Crippen LogP contribution is -2.18. The molecule has 1 aliphatic carbocycles. The summed E-state index contributed by atoms with van der Waals surface area (Å²) < 4.78 is 1.96. The number of hydrogen-bond donors (Lipinski definition) is 2. The second-order valence-electron chi connectivity index (χ2n) is 5.88. The SMILES string of the molecule is O=[N+]([O-])c1c(NCCCn2ccnc2)ncnc1NC1CCCC1. The Morgan fingerprint density at radius 3 is 2.79 bits per heavy atom. The smallest absolute Gasteiger partial charge is 0.353 e. The maximum absolute atomic E-state index is 11.5. The predicted octanol–water partition coefficient (Wildman–Crippen LogP) is 2.44. The van der Waals surface area contributed by atoms with Gasteiger partial charge in [0.15, 0.2) is 0 Å². The van der Waals surface area contributed by atoms with Gasteiger partial charge < -0.3 is 15.2 Å². The maximum Gasteiger partial charge on any atom is 0.353 e. The van der Waals surface area contributed by atoms with Crippen LogP contribution in [0.5, 0.6) is 0 Å². The number of nitrogens with zero attached hydrogens (tertiary/aromatic N) is 5. The molecule has 2 aromatic rings. The van der Waals surface area contributed by atoms with Crippen LogP contribution in [0.2, 0.25) is 0 Å². The van der Waals surface area contributed by atoms with E-state index in [0.717, 1.165) is 38.6 Å². The van der Waals surface area contributed by atoms with Crippen LogP contribution in [0.4, 0.5) is 17.3 Å². The van der Waals surface area contributed by atoms with Gasteiger partial charge in [0.25, 0.3) is 0 Å². The first-order valence-corrected chi connectivity index (χ1v) is 8.19. The van der Waals surface area contributed by atoms with Gasteiger partial charge in [0.05, 0.1) is 11.3 Å². The molecule has 0 unspecified atom stereocenters. The van der Waals surface area contributed by atoms with Crippen LogP contribution in [0.25, 0.3) is 0 Å². The van der Waals surface area contributed by atoms with Gasteiger partial charge in [-0.25, -0.2) is 15.0 Å². The molecule has 2 heterocycles. The zero-order valence-corrected chi connectivity index (χ0v) is 13.4. The number of nitro groups is 1. The monoisotopic (exact) mass is 331 g/mol. The molecule has 0 spiro atoms. The molecule has 3 rings (SSSR count). The van der Waals surface area contributed by atoms with E-state index in [9.17, 15) is 10.1 Å². The summed E-state index contributed by atoms with van der Waals surface area (Å²) in [5.41, 5.74) is -0.0768. The van der Waals surface area contributed by atoms with E-state index in [1.54, 1.807) is 12.5 Å². The fourth-order valence-electron chi connectivity index (χ4n) is 2.94. The number of hydrogen-bond acceptors (Lipinski definition) is 7. The molecule has 9 nitrogen and oxygen atoms in total. The summed E-state index contributed by atoms with van der Waals surface area (Å²) in [6.07, 6.45) is 11.9. The zero-order valence-electron chi connectivity index (χ0n) is 13.4. The highest BCUT2D eigenvalue weighted by Crippen LogP contribution is 2.31. The van der Waals surface area contributed by atoms with Crippen molar-refractivity contribution in [3.05, 3.63) is 35.2 Å². The van der Waals surface area contributed by atoms with Crippen LogP contribution in [-0.4, -0.2) is 37.0 Å². The Bertz CT molecular complexity index is 668. The summed E-state index contributed by atoms with van der Waals surface area (Å²) in [4.78, 5) is 23.2. The van der Waals surface area contributed by atoms with Crippen LogP contribution < -0.4 is 10.6 Å². The summed E-state index contributed by atoms with van der Waals surface area (Å²) in [5.74, 6) is 0.570. The van der Waals surface area contributed by atoms with Crippen LogP contribution in [-0.2, 0) is 6.54 Å². The first kappa shape index (κ1) is 16.2. The van der Waals surface area contributed by atoms with Crippen molar-refractivity contribution in [3.63, 3.8) is 0 Å². The minimum atomic E-state index is -0.421. The Balaban J connectivity index is 1.63. The van der Waals surface area contributed by atoms with E-state index >= 15 is 0 Å². The van der Waals surface area contributed by atoms with Crippen LogP contribution in [0.1, 0.15) is 32.1 Å². The van der Waals surface area contributed by atoms with Crippen LogP contribution in [0, 0.1) is 10.1 Å². The highest BCUT2D eigenvalue weighted by Gasteiger charge is 2.25. The Kier molecular flexibility index (Phi) is 5.19. The first-order chi connectivity index (χ1) is 11.7. The van der Waals surface area contributed by atoms with Crippen molar-refractivity contribution >= 4 is 17.3 Å². The van der Waals surface area contributed by atoms with Gasteiger partial charge in [-0.05, 0) is 19.3 Å². The molecule has 2 N–H and O–H groups in total. The highest BCUT2D eigenvalue weighted by molar-refractivity contribution is 5.69.